The molecule has 0 spiro atoms. The van der Waals surface area contributed by atoms with Gasteiger partial charge in [0.15, 0.2) is 0 Å². The van der Waals surface area contributed by atoms with E-state index in [0.717, 1.165) is 37.2 Å². The van der Waals surface area contributed by atoms with Gasteiger partial charge in [0.25, 0.3) is 5.91 Å². The third-order valence-corrected chi connectivity index (χ3v) is 4.62. The van der Waals surface area contributed by atoms with Crippen LogP contribution in [0.3, 0.4) is 0 Å². The third kappa shape index (κ3) is 3.76. The predicted molar refractivity (Wildman–Crippen MR) is 85.9 cm³/mol. The number of rotatable bonds is 4. The van der Waals surface area contributed by atoms with Gasteiger partial charge in [0.05, 0.1) is 0 Å². The van der Waals surface area contributed by atoms with Gasteiger partial charge in [0, 0.05) is 30.4 Å². The summed E-state index contributed by atoms with van der Waals surface area (Å²) in [5, 5.41) is 0. The lowest BCUT2D eigenvalue weighted by Gasteiger charge is -2.34. The van der Waals surface area contributed by atoms with Crippen molar-refractivity contribution in [3.05, 3.63) is 35.4 Å². The Bertz CT molecular complexity index is 444. The first-order valence-corrected chi connectivity index (χ1v) is 8.64. The van der Waals surface area contributed by atoms with E-state index in [1.165, 1.54) is 5.56 Å². The minimum atomic E-state index is 0.144. The molecule has 0 aliphatic carbocycles. The first-order valence-electron chi connectivity index (χ1n) is 7.24. The molecule has 0 saturated carbocycles. The summed E-state index contributed by atoms with van der Waals surface area (Å²) in [4.78, 5) is 14.5. The zero-order chi connectivity index (χ0) is 14.5. The molecule has 0 radical (unpaired) electrons. The van der Waals surface area contributed by atoms with Crippen molar-refractivity contribution in [2.75, 3.05) is 19.3 Å². The van der Waals surface area contributed by atoms with Crippen LogP contribution in [-0.2, 0) is 5.75 Å². The molecule has 1 aromatic carbocycles. The minimum Gasteiger partial charge on any atom is -0.338 e. The molecule has 2 rings (SSSR count). The van der Waals surface area contributed by atoms with E-state index in [1.807, 2.05) is 24.0 Å². The van der Waals surface area contributed by atoms with Crippen molar-refractivity contribution in [1.29, 1.82) is 0 Å². The van der Waals surface area contributed by atoms with Crippen LogP contribution >= 0.6 is 11.8 Å². The largest absolute Gasteiger partial charge is 0.338 e. The van der Waals surface area contributed by atoms with Crippen LogP contribution in [0.25, 0.3) is 0 Å². The van der Waals surface area contributed by atoms with Crippen LogP contribution in [0, 0.1) is 5.92 Å². The summed E-state index contributed by atoms with van der Waals surface area (Å²) < 4.78 is 0. The summed E-state index contributed by atoms with van der Waals surface area (Å²) in [5.74, 6) is 1.57. The Morgan fingerprint density at radius 1 is 1.45 bits per heavy atom. The van der Waals surface area contributed by atoms with Gasteiger partial charge in [0.2, 0.25) is 0 Å². The molecular formula is C16H24N2OS. The maximum Gasteiger partial charge on any atom is 0.253 e. The Balaban J connectivity index is 2.02. The Morgan fingerprint density at radius 3 is 2.75 bits per heavy atom. The van der Waals surface area contributed by atoms with Crippen molar-refractivity contribution in [2.45, 2.75) is 31.6 Å². The summed E-state index contributed by atoms with van der Waals surface area (Å²) in [6.07, 6.45) is 4.28. The number of piperidine rings is 1. The molecule has 0 bridgehead atoms. The molecular weight excluding hydrogens is 268 g/mol. The smallest absolute Gasteiger partial charge is 0.253 e. The van der Waals surface area contributed by atoms with Crippen LogP contribution in [-0.4, -0.2) is 36.2 Å². The molecule has 2 N–H and O–H groups in total. The summed E-state index contributed by atoms with van der Waals surface area (Å²) >= 11 is 1.79. The molecule has 110 valence electrons. The summed E-state index contributed by atoms with van der Waals surface area (Å²) in [7, 11) is 0. The number of nitrogens with two attached hydrogens (primary N) is 1. The van der Waals surface area contributed by atoms with Gasteiger partial charge in [-0.2, -0.15) is 11.8 Å². The number of amides is 1. The van der Waals surface area contributed by atoms with E-state index < -0.39 is 0 Å². The zero-order valence-corrected chi connectivity index (χ0v) is 13.2. The van der Waals surface area contributed by atoms with E-state index in [0.29, 0.717) is 5.92 Å². The lowest BCUT2D eigenvalue weighted by atomic mass is 9.92. The quantitative estimate of drug-likeness (QED) is 0.928. The second kappa shape index (κ2) is 7.14. The van der Waals surface area contributed by atoms with Gasteiger partial charge < -0.3 is 10.6 Å². The highest BCUT2D eigenvalue weighted by Crippen LogP contribution is 2.21. The molecule has 1 heterocycles. The van der Waals surface area contributed by atoms with Crippen molar-refractivity contribution in [3.8, 4) is 0 Å². The second-order valence-corrected chi connectivity index (χ2v) is 6.51. The number of thioether (sulfide) groups is 1. The molecule has 1 aliphatic heterocycles. The van der Waals surface area contributed by atoms with E-state index in [1.54, 1.807) is 11.8 Å². The van der Waals surface area contributed by atoms with Crippen LogP contribution in [0.1, 0.15) is 35.7 Å². The average molecular weight is 292 g/mol. The third-order valence-electron chi connectivity index (χ3n) is 4.00. The highest BCUT2D eigenvalue weighted by molar-refractivity contribution is 7.97. The zero-order valence-electron chi connectivity index (χ0n) is 12.3. The Hall–Kier alpha value is -1.00. The lowest BCUT2D eigenvalue weighted by Crippen LogP contribution is -2.45. The normalized spacial score (nSPS) is 20.8. The number of carbonyl (C=O) groups is 1. The SMILES string of the molecule is CSCc1ccc(C(=O)N2CCC[C@H]([C@@H](C)N)C2)cc1. The fraction of sp³-hybridized carbons (Fsp3) is 0.562. The molecule has 1 aliphatic rings. The highest BCUT2D eigenvalue weighted by atomic mass is 32.2. The van der Waals surface area contributed by atoms with Crippen LogP contribution < -0.4 is 5.73 Å². The highest BCUT2D eigenvalue weighted by Gasteiger charge is 2.26. The molecule has 4 heteroatoms. The molecule has 0 unspecified atom stereocenters. The number of hydrogen-bond donors (Lipinski definition) is 1. The molecule has 1 saturated heterocycles. The topological polar surface area (TPSA) is 46.3 Å². The Kier molecular flexibility index (Phi) is 5.49. The van der Waals surface area contributed by atoms with Crippen LogP contribution in [0.15, 0.2) is 24.3 Å². The van der Waals surface area contributed by atoms with Crippen LogP contribution in [0.5, 0.6) is 0 Å². The summed E-state index contributed by atoms with van der Waals surface area (Å²) in [6, 6.07) is 8.16. The summed E-state index contributed by atoms with van der Waals surface area (Å²) in [5.41, 5.74) is 8.04. The molecule has 20 heavy (non-hydrogen) atoms. The fourth-order valence-electron chi connectivity index (χ4n) is 2.72. The molecule has 1 amide bonds. The van der Waals surface area contributed by atoms with Gasteiger partial charge in [-0.1, -0.05) is 12.1 Å². The Morgan fingerprint density at radius 2 is 2.15 bits per heavy atom. The average Bonchev–Trinajstić information content (AvgIpc) is 2.48. The van der Waals surface area contributed by atoms with Crippen LogP contribution in [0.2, 0.25) is 0 Å². The monoisotopic (exact) mass is 292 g/mol. The number of likely N-dealkylation sites (tertiary alicyclic amines) is 1. The Labute approximate surface area is 125 Å². The fourth-order valence-corrected chi connectivity index (χ4v) is 3.24. The standard InChI is InChI=1S/C16H24N2OS/c1-12(17)15-4-3-9-18(10-15)16(19)14-7-5-13(6-8-14)11-20-2/h5-8,12,15H,3-4,9-11,17H2,1-2H3/t12-,15+/m1/s1. The molecule has 3 nitrogen and oxygen atoms in total. The van der Waals surface area contributed by atoms with Crippen molar-refractivity contribution < 1.29 is 4.79 Å². The predicted octanol–water partition coefficient (Wildman–Crippen LogP) is 2.75. The molecule has 0 aromatic heterocycles. The first kappa shape index (κ1) is 15.4. The van der Waals surface area contributed by atoms with Gasteiger partial charge >= 0.3 is 0 Å². The number of hydrogen-bond acceptors (Lipinski definition) is 3. The van der Waals surface area contributed by atoms with Crippen molar-refractivity contribution in [3.63, 3.8) is 0 Å². The maximum absolute atomic E-state index is 12.5. The van der Waals surface area contributed by atoms with E-state index in [4.69, 9.17) is 5.73 Å². The summed E-state index contributed by atoms with van der Waals surface area (Å²) in [6.45, 7) is 3.69. The first-order chi connectivity index (χ1) is 9.61. The van der Waals surface area contributed by atoms with E-state index >= 15 is 0 Å². The van der Waals surface area contributed by atoms with E-state index in [2.05, 4.69) is 18.4 Å². The van der Waals surface area contributed by atoms with E-state index in [9.17, 15) is 4.79 Å². The van der Waals surface area contributed by atoms with Gasteiger partial charge in [-0.3, -0.25) is 4.79 Å². The van der Waals surface area contributed by atoms with Crippen molar-refractivity contribution in [1.82, 2.24) is 4.90 Å². The molecule has 1 aromatic rings. The number of carbonyl (C=O) groups excluding carboxylic acids is 1. The van der Waals surface area contributed by atoms with Gasteiger partial charge in [-0.05, 0) is 49.6 Å². The maximum atomic E-state index is 12.5. The number of nitrogens with zero attached hydrogens (tertiary/aromatic N) is 1. The van der Waals surface area contributed by atoms with Gasteiger partial charge in [0.1, 0.15) is 0 Å². The number of benzene rings is 1. The second-order valence-electron chi connectivity index (χ2n) is 5.64. The van der Waals surface area contributed by atoms with E-state index in [-0.39, 0.29) is 11.9 Å². The van der Waals surface area contributed by atoms with Crippen LogP contribution in [0.4, 0.5) is 0 Å². The minimum absolute atomic E-state index is 0.144. The van der Waals surface area contributed by atoms with Gasteiger partial charge in [-0.25, -0.2) is 0 Å². The van der Waals surface area contributed by atoms with Gasteiger partial charge in [-0.15, -0.1) is 0 Å². The lowest BCUT2D eigenvalue weighted by molar-refractivity contribution is 0.0661. The van der Waals surface area contributed by atoms with Crippen molar-refractivity contribution >= 4 is 17.7 Å². The molecule has 2 atom stereocenters. The molecule has 1 fully saturated rings. The van der Waals surface area contributed by atoms with Crippen molar-refractivity contribution in [2.24, 2.45) is 11.7 Å².